The predicted molar refractivity (Wildman–Crippen MR) is 79.7 cm³/mol. The highest BCUT2D eigenvalue weighted by atomic mass is 19.1. The minimum atomic E-state index is -0.246. The molecule has 0 amide bonds. The van der Waals surface area contributed by atoms with Crippen LogP contribution in [0, 0.1) is 12.7 Å². The molecule has 1 atom stereocenters. The first-order valence-electron chi connectivity index (χ1n) is 6.87. The molecule has 0 saturated heterocycles. The Bertz CT molecular complexity index is 566. The molecule has 0 radical (unpaired) electrons. The van der Waals surface area contributed by atoms with Gasteiger partial charge in [0.05, 0.1) is 0 Å². The van der Waals surface area contributed by atoms with Gasteiger partial charge in [0.25, 0.3) is 0 Å². The molecule has 2 nitrogen and oxygen atoms in total. The van der Waals surface area contributed by atoms with E-state index in [1.807, 2.05) is 31.2 Å². The molecule has 0 saturated carbocycles. The predicted octanol–water partition coefficient (Wildman–Crippen LogP) is 4.60. The number of ether oxygens (including phenoxy) is 1. The van der Waals surface area contributed by atoms with E-state index >= 15 is 0 Å². The van der Waals surface area contributed by atoms with Crippen molar-refractivity contribution >= 4 is 0 Å². The zero-order valence-corrected chi connectivity index (χ0v) is 12.1. The van der Waals surface area contributed by atoms with Gasteiger partial charge in [-0.1, -0.05) is 19.1 Å². The highest BCUT2D eigenvalue weighted by Gasteiger charge is 2.05. The molecule has 0 aliphatic rings. The third-order valence-electron chi connectivity index (χ3n) is 3.26. The fourth-order valence-corrected chi connectivity index (χ4v) is 2.10. The first-order chi connectivity index (χ1) is 9.60. The van der Waals surface area contributed by atoms with E-state index in [1.165, 1.54) is 17.7 Å². The van der Waals surface area contributed by atoms with Crippen molar-refractivity contribution in [1.29, 1.82) is 0 Å². The number of nitrogens with one attached hydrogen (secondary N) is 1. The monoisotopic (exact) mass is 273 g/mol. The second kappa shape index (κ2) is 6.53. The van der Waals surface area contributed by atoms with Crippen molar-refractivity contribution in [2.24, 2.45) is 0 Å². The summed E-state index contributed by atoms with van der Waals surface area (Å²) < 4.78 is 18.8. The molecule has 3 heteroatoms. The largest absolute Gasteiger partial charge is 0.457 e. The Morgan fingerprint density at radius 3 is 2.45 bits per heavy atom. The second-order valence-corrected chi connectivity index (χ2v) is 4.86. The number of hydrogen-bond donors (Lipinski definition) is 1. The molecule has 20 heavy (non-hydrogen) atoms. The maximum atomic E-state index is 13.0. The Morgan fingerprint density at radius 1 is 1.15 bits per heavy atom. The third kappa shape index (κ3) is 3.58. The van der Waals surface area contributed by atoms with Gasteiger partial charge in [0.1, 0.15) is 17.3 Å². The van der Waals surface area contributed by atoms with E-state index in [1.54, 1.807) is 6.07 Å². The van der Waals surface area contributed by atoms with Gasteiger partial charge in [0.2, 0.25) is 0 Å². The molecular formula is C17H20FNO. The third-order valence-corrected chi connectivity index (χ3v) is 3.26. The molecule has 0 heterocycles. The van der Waals surface area contributed by atoms with Gasteiger partial charge >= 0.3 is 0 Å². The van der Waals surface area contributed by atoms with Crippen LogP contribution in [0.1, 0.15) is 31.0 Å². The highest BCUT2D eigenvalue weighted by molar-refractivity contribution is 5.38. The van der Waals surface area contributed by atoms with Gasteiger partial charge < -0.3 is 10.1 Å². The second-order valence-electron chi connectivity index (χ2n) is 4.86. The van der Waals surface area contributed by atoms with Crippen molar-refractivity contribution in [3.63, 3.8) is 0 Å². The molecule has 2 rings (SSSR count). The molecular weight excluding hydrogens is 253 g/mol. The minimum Gasteiger partial charge on any atom is -0.457 e. The summed E-state index contributed by atoms with van der Waals surface area (Å²) in [4.78, 5) is 0. The minimum absolute atomic E-state index is 0.246. The van der Waals surface area contributed by atoms with Crippen LogP contribution in [0.5, 0.6) is 11.5 Å². The van der Waals surface area contributed by atoms with Crippen molar-refractivity contribution in [2.45, 2.75) is 26.8 Å². The fraction of sp³-hybridized carbons (Fsp3) is 0.294. The molecule has 0 spiro atoms. The highest BCUT2D eigenvalue weighted by Crippen LogP contribution is 2.26. The van der Waals surface area contributed by atoms with Crippen LogP contribution in [0.2, 0.25) is 0 Å². The van der Waals surface area contributed by atoms with E-state index in [2.05, 4.69) is 19.2 Å². The molecule has 2 aromatic rings. The van der Waals surface area contributed by atoms with Gasteiger partial charge in [-0.2, -0.15) is 0 Å². The summed E-state index contributed by atoms with van der Waals surface area (Å²) in [5, 5.41) is 3.36. The summed E-state index contributed by atoms with van der Waals surface area (Å²) in [7, 11) is 0. The molecule has 0 aromatic heterocycles. The van der Waals surface area contributed by atoms with Gasteiger partial charge in [0.15, 0.2) is 0 Å². The van der Waals surface area contributed by atoms with Crippen molar-refractivity contribution in [3.8, 4) is 11.5 Å². The normalized spacial score (nSPS) is 12.2. The smallest absolute Gasteiger partial charge is 0.130 e. The first-order valence-corrected chi connectivity index (χ1v) is 6.87. The van der Waals surface area contributed by atoms with E-state index in [0.717, 1.165) is 17.9 Å². The van der Waals surface area contributed by atoms with E-state index < -0.39 is 0 Å². The zero-order chi connectivity index (χ0) is 14.5. The van der Waals surface area contributed by atoms with Gasteiger partial charge in [-0.25, -0.2) is 4.39 Å². The summed E-state index contributed by atoms with van der Waals surface area (Å²) in [5.41, 5.74) is 2.00. The van der Waals surface area contributed by atoms with E-state index in [0.29, 0.717) is 11.8 Å². The Balaban J connectivity index is 2.10. The van der Waals surface area contributed by atoms with Crippen LogP contribution in [-0.2, 0) is 0 Å². The molecule has 0 fully saturated rings. The molecule has 0 bridgehead atoms. The van der Waals surface area contributed by atoms with Crippen LogP contribution in [0.25, 0.3) is 0 Å². The van der Waals surface area contributed by atoms with Crippen LogP contribution in [0.4, 0.5) is 4.39 Å². The molecule has 1 N–H and O–H groups in total. The van der Waals surface area contributed by atoms with E-state index in [4.69, 9.17) is 4.74 Å². The van der Waals surface area contributed by atoms with Gasteiger partial charge in [-0.3, -0.25) is 0 Å². The van der Waals surface area contributed by atoms with Crippen molar-refractivity contribution < 1.29 is 9.13 Å². The van der Waals surface area contributed by atoms with Crippen LogP contribution in [0.15, 0.2) is 42.5 Å². The summed E-state index contributed by atoms with van der Waals surface area (Å²) in [6, 6.07) is 12.8. The van der Waals surface area contributed by atoms with Crippen molar-refractivity contribution in [1.82, 2.24) is 5.32 Å². The number of benzene rings is 2. The Kier molecular flexibility index (Phi) is 4.74. The van der Waals surface area contributed by atoms with Crippen molar-refractivity contribution in [3.05, 3.63) is 59.4 Å². The summed E-state index contributed by atoms with van der Waals surface area (Å²) >= 11 is 0. The molecule has 106 valence electrons. The molecule has 1 unspecified atom stereocenters. The number of aryl methyl sites for hydroxylation is 1. The van der Waals surface area contributed by atoms with E-state index in [-0.39, 0.29) is 5.82 Å². The summed E-state index contributed by atoms with van der Waals surface area (Å²) in [5.74, 6) is 1.19. The first kappa shape index (κ1) is 14.5. The average Bonchev–Trinajstić information content (AvgIpc) is 2.43. The van der Waals surface area contributed by atoms with Gasteiger partial charge in [-0.15, -0.1) is 0 Å². The SMILES string of the molecule is CCNC(C)c1ccc(Oc2ccc(F)cc2C)cc1. The number of rotatable bonds is 5. The van der Waals surface area contributed by atoms with Gasteiger partial charge in [0, 0.05) is 6.04 Å². The lowest BCUT2D eigenvalue weighted by Crippen LogP contribution is -2.17. The lowest BCUT2D eigenvalue weighted by atomic mass is 10.1. The van der Waals surface area contributed by atoms with Crippen molar-refractivity contribution in [2.75, 3.05) is 6.54 Å². The van der Waals surface area contributed by atoms with Crippen LogP contribution >= 0.6 is 0 Å². The number of hydrogen-bond acceptors (Lipinski definition) is 2. The Morgan fingerprint density at radius 2 is 1.85 bits per heavy atom. The fourth-order valence-electron chi connectivity index (χ4n) is 2.10. The standard InChI is InChI=1S/C17H20FNO/c1-4-19-13(3)14-5-8-16(9-6-14)20-17-10-7-15(18)11-12(17)2/h5-11,13,19H,4H2,1-3H3. The Hall–Kier alpha value is -1.87. The van der Waals surface area contributed by atoms with Crippen LogP contribution < -0.4 is 10.1 Å². The molecule has 0 aliphatic heterocycles. The quantitative estimate of drug-likeness (QED) is 0.859. The zero-order valence-electron chi connectivity index (χ0n) is 12.1. The summed E-state index contributed by atoms with van der Waals surface area (Å²) in [6.07, 6.45) is 0. The lowest BCUT2D eigenvalue weighted by Gasteiger charge is -2.14. The summed E-state index contributed by atoms with van der Waals surface area (Å²) in [6.45, 7) is 6.99. The average molecular weight is 273 g/mol. The Labute approximate surface area is 119 Å². The maximum Gasteiger partial charge on any atom is 0.130 e. The number of halogens is 1. The maximum absolute atomic E-state index is 13.0. The van der Waals surface area contributed by atoms with E-state index in [9.17, 15) is 4.39 Å². The van der Waals surface area contributed by atoms with Crippen LogP contribution in [0.3, 0.4) is 0 Å². The lowest BCUT2D eigenvalue weighted by molar-refractivity contribution is 0.476. The molecule has 2 aromatic carbocycles. The molecule has 0 aliphatic carbocycles. The van der Waals surface area contributed by atoms with Crippen LogP contribution in [-0.4, -0.2) is 6.54 Å². The van der Waals surface area contributed by atoms with Gasteiger partial charge in [-0.05, 0) is 61.9 Å². The topological polar surface area (TPSA) is 21.3 Å².